The van der Waals surface area contributed by atoms with Gasteiger partial charge in [-0.3, -0.25) is 4.79 Å². The number of benzene rings is 2. The predicted octanol–water partition coefficient (Wildman–Crippen LogP) is 4.04. The SMILES string of the molecule is CCC(C)c1ccccc1OCC(=O)NN=Cc1cccc(C)c1. The van der Waals surface area contributed by atoms with Crippen molar-refractivity contribution in [3.63, 3.8) is 0 Å². The molecule has 0 heterocycles. The van der Waals surface area contributed by atoms with Crippen LogP contribution in [0.2, 0.25) is 0 Å². The van der Waals surface area contributed by atoms with E-state index in [1.807, 2.05) is 55.5 Å². The molecule has 0 spiro atoms. The number of amides is 1. The molecule has 0 fully saturated rings. The van der Waals surface area contributed by atoms with E-state index in [0.29, 0.717) is 5.92 Å². The lowest BCUT2D eigenvalue weighted by Gasteiger charge is -2.15. The third-order valence-electron chi connectivity index (χ3n) is 3.87. The van der Waals surface area contributed by atoms with Crippen LogP contribution in [0.25, 0.3) is 0 Å². The van der Waals surface area contributed by atoms with Gasteiger partial charge in [0, 0.05) is 0 Å². The fourth-order valence-electron chi connectivity index (χ4n) is 2.34. The van der Waals surface area contributed by atoms with Gasteiger partial charge in [-0.2, -0.15) is 5.10 Å². The molecule has 1 atom stereocenters. The molecule has 0 saturated carbocycles. The molecule has 4 heteroatoms. The molecule has 2 rings (SSSR count). The quantitative estimate of drug-likeness (QED) is 0.617. The summed E-state index contributed by atoms with van der Waals surface area (Å²) < 4.78 is 5.66. The molecule has 1 N–H and O–H groups in total. The van der Waals surface area contributed by atoms with Gasteiger partial charge in [0.1, 0.15) is 5.75 Å². The zero-order valence-corrected chi connectivity index (χ0v) is 14.5. The first-order valence-corrected chi connectivity index (χ1v) is 8.20. The lowest BCUT2D eigenvalue weighted by molar-refractivity contribution is -0.123. The van der Waals surface area contributed by atoms with Gasteiger partial charge in [-0.15, -0.1) is 0 Å². The molecule has 0 aliphatic carbocycles. The predicted molar refractivity (Wildman–Crippen MR) is 97.6 cm³/mol. The van der Waals surface area contributed by atoms with Crippen LogP contribution in [0.5, 0.6) is 5.75 Å². The number of carbonyl (C=O) groups excluding carboxylic acids is 1. The average Bonchev–Trinajstić information content (AvgIpc) is 2.59. The highest BCUT2D eigenvalue weighted by Gasteiger charge is 2.10. The maximum Gasteiger partial charge on any atom is 0.277 e. The molecule has 0 bridgehead atoms. The van der Waals surface area contributed by atoms with E-state index in [2.05, 4.69) is 24.4 Å². The highest BCUT2D eigenvalue weighted by atomic mass is 16.5. The molecule has 4 nitrogen and oxygen atoms in total. The molecule has 24 heavy (non-hydrogen) atoms. The van der Waals surface area contributed by atoms with Crippen molar-refractivity contribution in [1.29, 1.82) is 0 Å². The number of hydrogen-bond donors (Lipinski definition) is 1. The van der Waals surface area contributed by atoms with Crippen molar-refractivity contribution in [3.8, 4) is 5.75 Å². The minimum absolute atomic E-state index is 0.0569. The summed E-state index contributed by atoms with van der Waals surface area (Å²) in [5.74, 6) is 0.867. The maximum absolute atomic E-state index is 11.9. The molecule has 0 radical (unpaired) electrons. The summed E-state index contributed by atoms with van der Waals surface area (Å²) in [7, 11) is 0. The standard InChI is InChI=1S/C20H24N2O2/c1-4-16(3)18-10-5-6-11-19(18)24-14-20(23)22-21-13-17-9-7-8-15(2)12-17/h5-13,16H,4,14H2,1-3H3,(H,22,23). The number of hydrazone groups is 1. The first-order chi connectivity index (χ1) is 11.6. The summed E-state index contributed by atoms with van der Waals surface area (Å²) in [4.78, 5) is 11.9. The fourth-order valence-corrected chi connectivity index (χ4v) is 2.34. The van der Waals surface area contributed by atoms with Crippen LogP contribution < -0.4 is 10.2 Å². The van der Waals surface area contributed by atoms with Crippen molar-refractivity contribution < 1.29 is 9.53 Å². The Morgan fingerprint density at radius 3 is 2.79 bits per heavy atom. The van der Waals surface area contributed by atoms with Crippen LogP contribution >= 0.6 is 0 Å². The number of nitrogens with zero attached hydrogens (tertiary/aromatic N) is 1. The number of carbonyl (C=O) groups is 1. The summed E-state index contributed by atoms with van der Waals surface area (Å²) in [6.45, 7) is 6.24. The Labute approximate surface area is 143 Å². The molecule has 2 aromatic rings. The largest absolute Gasteiger partial charge is 0.483 e. The van der Waals surface area contributed by atoms with Gasteiger partial charge in [0.05, 0.1) is 6.21 Å². The molecule has 0 aromatic heterocycles. The normalized spacial score (nSPS) is 12.1. The van der Waals surface area contributed by atoms with E-state index in [-0.39, 0.29) is 12.5 Å². The fraction of sp³-hybridized carbons (Fsp3) is 0.300. The molecular weight excluding hydrogens is 300 g/mol. The van der Waals surface area contributed by atoms with E-state index in [0.717, 1.165) is 28.9 Å². The van der Waals surface area contributed by atoms with Gasteiger partial charge < -0.3 is 4.74 Å². The number of para-hydroxylation sites is 1. The Morgan fingerprint density at radius 1 is 1.25 bits per heavy atom. The molecular formula is C20H24N2O2. The average molecular weight is 324 g/mol. The second-order valence-electron chi connectivity index (χ2n) is 5.84. The van der Waals surface area contributed by atoms with Crippen molar-refractivity contribution in [2.24, 2.45) is 5.10 Å². The van der Waals surface area contributed by atoms with Crippen LogP contribution in [0.4, 0.5) is 0 Å². The van der Waals surface area contributed by atoms with E-state index < -0.39 is 0 Å². The minimum Gasteiger partial charge on any atom is -0.483 e. The topological polar surface area (TPSA) is 50.7 Å². The summed E-state index contributed by atoms with van der Waals surface area (Å²) in [6.07, 6.45) is 2.64. The van der Waals surface area contributed by atoms with E-state index in [1.165, 1.54) is 0 Å². The minimum atomic E-state index is -0.280. The van der Waals surface area contributed by atoms with Crippen LogP contribution in [0.3, 0.4) is 0 Å². The van der Waals surface area contributed by atoms with Crippen molar-refractivity contribution in [1.82, 2.24) is 5.43 Å². The number of hydrogen-bond acceptors (Lipinski definition) is 3. The molecule has 0 aliphatic heterocycles. The van der Waals surface area contributed by atoms with Crippen LogP contribution in [0.15, 0.2) is 53.6 Å². The monoisotopic (exact) mass is 324 g/mol. The first-order valence-electron chi connectivity index (χ1n) is 8.20. The molecule has 2 aromatic carbocycles. The Kier molecular flexibility index (Phi) is 6.55. The Morgan fingerprint density at radius 2 is 2.04 bits per heavy atom. The Hall–Kier alpha value is -2.62. The van der Waals surface area contributed by atoms with Gasteiger partial charge in [0.15, 0.2) is 6.61 Å². The smallest absolute Gasteiger partial charge is 0.277 e. The zero-order valence-electron chi connectivity index (χ0n) is 14.5. The molecule has 126 valence electrons. The maximum atomic E-state index is 11.9. The molecule has 1 unspecified atom stereocenters. The first kappa shape index (κ1) is 17.7. The van der Waals surface area contributed by atoms with Gasteiger partial charge in [0.25, 0.3) is 5.91 Å². The number of aryl methyl sites for hydroxylation is 1. The zero-order chi connectivity index (χ0) is 17.4. The lowest BCUT2D eigenvalue weighted by atomic mass is 9.98. The summed E-state index contributed by atoms with van der Waals surface area (Å²) in [5, 5.41) is 3.96. The second-order valence-corrected chi connectivity index (χ2v) is 5.84. The van der Waals surface area contributed by atoms with Crippen molar-refractivity contribution >= 4 is 12.1 Å². The second kappa shape index (κ2) is 8.87. The summed E-state index contributed by atoms with van der Waals surface area (Å²) in [5.41, 5.74) is 5.70. The molecule has 0 saturated heterocycles. The highest BCUT2D eigenvalue weighted by Crippen LogP contribution is 2.28. The van der Waals surface area contributed by atoms with E-state index in [9.17, 15) is 4.79 Å². The lowest BCUT2D eigenvalue weighted by Crippen LogP contribution is -2.25. The highest BCUT2D eigenvalue weighted by molar-refractivity contribution is 5.83. The van der Waals surface area contributed by atoms with Gasteiger partial charge in [0.2, 0.25) is 0 Å². The summed E-state index contributed by atoms with van der Waals surface area (Å²) >= 11 is 0. The van der Waals surface area contributed by atoms with E-state index in [4.69, 9.17) is 4.74 Å². The van der Waals surface area contributed by atoms with Crippen molar-refractivity contribution in [2.45, 2.75) is 33.1 Å². The molecule has 0 aliphatic rings. The van der Waals surface area contributed by atoms with Gasteiger partial charge >= 0.3 is 0 Å². The van der Waals surface area contributed by atoms with Crippen molar-refractivity contribution in [2.75, 3.05) is 6.61 Å². The van der Waals surface area contributed by atoms with Gasteiger partial charge in [-0.25, -0.2) is 5.43 Å². The number of ether oxygens (including phenoxy) is 1. The Balaban J connectivity index is 1.88. The van der Waals surface area contributed by atoms with Gasteiger partial charge in [-0.1, -0.05) is 61.9 Å². The third kappa shape index (κ3) is 5.23. The Bertz CT molecular complexity index is 710. The third-order valence-corrected chi connectivity index (χ3v) is 3.87. The van der Waals surface area contributed by atoms with Crippen LogP contribution in [0, 0.1) is 6.92 Å². The number of nitrogens with one attached hydrogen (secondary N) is 1. The van der Waals surface area contributed by atoms with Crippen LogP contribution in [-0.2, 0) is 4.79 Å². The van der Waals surface area contributed by atoms with Gasteiger partial charge in [-0.05, 0) is 36.5 Å². The summed E-state index contributed by atoms with van der Waals surface area (Å²) in [6, 6.07) is 15.7. The van der Waals surface area contributed by atoms with E-state index in [1.54, 1.807) is 6.21 Å². The van der Waals surface area contributed by atoms with Crippen molar-refractivity contribution in [3.05, 3.63) is 65.2 Å². The number of rotatable bonds is 7. The van der Waals surface area contributed by atoms with Crippen LogP contribution in [-0.4, -0.2) is 18.7 Å². The van der Waals surface area contributed by atoms with Crippen LogP contribution in [0.1, 0.15) is 42.9 Å². The van der Waals surface area contributed by atoms with E-state index >= 15 is 0 Å². The molecule has 1 amide bonds.